The predicted molar refractivity (Wildman–Crippen MR) is 101 cm³/mol. The zero-order valence-electron chi connectivity index (χ0n) is 13.7. The smallest absolute Gasteiger partial charge is 0.270 e. The van der Waals surface area contributed by atoms with Crippen LogP contribution >= 0.6 is 11.6 Å². The molecule has 2 aromatic carbocycles. The van der Waals surface area contributed by atoms with E-state index in [2.05, 4.69) is 21.7 Å². The molecule has 1 heterocycles. The van der Waals surface area contributed by atoms with Gasteiger partial charge in [0.05, 0.1) is 23.5 Å². The Bertz CT molecular complexity index is 964. The minimum Gasteiger partial charge on any atom is -0.354 e. The third-order valence-electron chi connectivity index (χ3n) is 3.67. The number of nitrogens with one attached hydrogen (secondary N) is 2. The molecular formula is C20H15ClN4O. The molecule has 0 aliphatic heterocycles. The predicted octanol–water partition coefficient (Wildman–Crippen LogP) is 4.28. The molecule has 6 heteroatoms. The van der Waals surface area contributed by atoms with Gasteiger partial charge < -0.3 is 10.6 Å². The summed E-state index contributed by atoms with van der Waals surface area (Å²) in [6, 6.07) is 20.0. The average Bonchev–Trinajstić information content (AvgIpc) is 2.68. The van der Waals surface area contributed by atoms with Crippen LogP contribution in [0.4, 0.5) is 11.4 Å². The lowest BCUT2D eigenvalue weighted by atomic mass is 10.2. The van der Waals surface area contributed by atoms with Crippen molar-refractivity contribution >= 4 is 28.9 Å². The van der Waals surface area contributed by atoms with Gasteiger partial charge in [-0.3, -0.25) is 4.79 Å². The Labute approximate surface area is 156 Å². The summed E-state index contributed by atoms with van der Waals surface area (Å²) in [5, 5.41) is 15.5. The maximum atomic E-state index is 12.2. The number of halogens is 1. The normalized spacial score (nSPS) is 10.0. The molecule has 1 amide bonds. The molecule has 0 unspecified atom stereocenters. The number of aromatic nitrogens is 1. The monoisotopic (exact) mass is 362 g/mol. The van der Waals surface area contributed by atoms with Crippen molar-refractivity contribution in [1.29, 1.82) is 5.26 Å². The van der Waals surface area contributed by atoms with Crippen LogP contribution in [-0.2, 0) is 6.54 Å². The van der Waals surface area contributed by atoms with Crippen molar-refractivity contribution in [2.45, 2.75) is 6.54 Å². The minimum atomic E-state index is -0.275. The van der Waals surface area contributed by atoms with Crippen LogP contribution in [0.2, 0.25) is 5.02 Å². The van der Waals surface area contributed by atoms with Crippen LogP contribution < -0.4 is 10.6 Å². The first kappa shape index (κ1) is 17.5. The van der Waals surface area contributed by atoms with E-state index < -0.39 is 0 Å². The number of benzene rings is 2. The van der Waals surface area contributed by atoms with E-state index in [1.807, 2.05) is 24.3 Å². The molecule has 0 aliphatic carbocycles. The van der Waals surface area contributed by atoms with E-state index in [-0.39, 0.29) is 5.91 Å². The highest BCUT2D eigenvalue weighted by Gasteiger charge is 2.08. The van der Waals surface area contributed by atoms with Gasteiger partial charge in [-0.25, -0.2) is 4.98 Å². The topological polar surface area (TPSA) is 77.8 Å². The second-order valence-electron chi connectivity index (χ2n) is 5.52. The average molecular weight is 363 g/mol. The number of hydrogen-bond acceptors (Lipinski definition) is 4. The number of carbonyl (C=O) groups is 1. The van der Waals surface area contributed by atoms with Crippen molar-refractivity contribution < 1.29 is 4.79 Å². The molecule has 1 aromatic heterocycles. The van der Waals surface area contributed by atoms with Crippen LogP contribution in [0.15, 0.2) is 66.9 Å². The zero-order valence-corrected chi connectivity index (χ0v) is 14.5. The second-order valence-corrected chi connectivity index (χ2v) is 5.93. The van der Waals surface area contributed by atoms with E-state index >= 15 is 0 Å². The molecule has 26 heavy (non-hydrogen) atoms. The van der Waals surface area contributed by atoms with Gasteiger partial charge in [0, 0.05) is 17.3 Å². The third-order valence-corrected chi connectivity index (χ3v) is 4.04. The molecule has 128 valence electrons. The minimum absolute atomic E-state index is 0.275. The van der Waals surface area contributed by atoms with Gasteiger partial charge in [0.15, 0.2) is 0 Å². The lowest BCUT2D eigenvalue weighted by Crippen LogP contribution is -2.23. The second kappa shape index (κ2) is 8.15. The molecule has 0 saturated heterocycles. The molecule has 0 atom stereocenters. The van der Waals surface area contributed by atoms with E-state index in [0.29, 0.717) is 22.8 Å². The van der Waals surface area contributed by atoms with Crippen LogP contribution in [0.3, 0.4) is 0 Å². The number of amides is 1. The number of nitrogens with zero attached hydrogens (tertiary/aromatic N) is 2. The molecule has 0 radical (unpaired) electrons. The summed E-state index contributed by atoms with van der Waals surface area (Å²) >= 11 is 6.08. The Balaban J connectivity index is 1.62. The summed E-state index contributed by atoms with van der Waals surface area (Å²) < 4.78 is 0. The van der Waals surface area contributed by atoms with E-state index in [9.17, 15) is 4.79 Å². The van der Waals surface area contributed by atoms with Gasteiger partial charge in [-0.15, -0.1) is 0 Å². The Morgan fingerprint density at radius 1 is 1.08 bits per heavy atom. The van der Waals surface area contributed by atoms with Crippen LogP contribution in [-0.4, -0.2) is 10.9 Å². The third kappa shape index (κ3) is 4.38. The summed E-state index contributed by atoms with van der Waals surface area (Å²) in [5.41, 5.74) is 3.23. The molecule has 0 aliphatic rings. The maximum Gasteiger partial charge on any atom is 0.270 e. The number of anilines is 2. The van der Waals surface area contributed by atoms with Crippen molar-refractivity contribution in [3.8, 4) is 6.07 Å². The summed E-state index contributed by atoms with van der Waals surface area (Å²) in [4.78, 5) is 16.4. The molecule has 3 rings (SSSR count). The summed E-state index contributed by atoms with van der Waals surface area (Å²) in [7, 11) is 0. The van der Waals surface area contributed by atoms with Gasteiger partial charge in [-0.05, 0) is 42.0 Å². The Morgan fingerprint density at radius 2 is 1.92 bits per heavy atom. The van der Waals surface area contributed by atoms with E-state index in [0.717, 1.165) is 16.9 Å². The fourth-order valence-electron chi connectivity index (χ4n) is 2.34. The fourth-order valence-corrected chi connectivity index (χ4v) is 2.55. The van der Waals surface area contributed by atoms with Gasteiger partial charge in [-0.2, -0.15) is 5.26 Å². The summed E-state index contributed by atoms with van der Waals surface area (Å²) in [5.74, 6) is -0.275. The number of pyridine rings is 1. The molecule has 2 N–H and O–H groups in total. The van der Waals surface area contributed by atoms with Crippen LogP contribution in [0.1, 0.15) is 21.6 Å². The summed E-state index contributed by atoms with van der Waals surface area (Å²) in [6.45, 7) is 0.334. The molecular weight excluding hydrogens is 348 g/mol. The number of hydrogen-bond donors (Lipinski definition) is 2. The van der Waals surface area contributed by atoms with Crippen molar-refractivity contribution in [2.24, 2.45) is 0 Å². The lowest BCUT2D eigenvalue weighted by molar-refractivity contribution is 0.0946. The Hall–Kier alpha value is -3.36. The SMILES string of the molecule is N#Cc1cccc(Nc2ccc(C(=O)NCc3ccccc3Cl)nc2)c1. The molecule has 5 nitrogen and oxygen atoms in total. The van der Waals surface area contributed by atoms with Crippen molar-refractivity contribution in [1.82, 2.24) is 10.3 Å². The Kier molecular flexibility index (Phi) is 5.47. The molecule has 3 aromatic rings. The van der Waals surface area contributed by atoms with Gasteiger partial charge in [-0.1, -0.05) is 35.9 Å². The summed E-state index contributed by atoms with van der Waals surface area (Å²) in [6.07, 6.45) is 1.57. The number of rotatable bonds is 5. The highest BCUT2D eigenvalue weighted by molar-refractivity contribution is 6.31. The lowest BCUT2D eigenvalue weighted by Gasteiger charge is -2.08. The van der Waals surface area contributed by atoms with Gasteiger partial charge in [0.2, 0.25) is 0 Å². The molecule has 0 saturated carbocycles. The van der Waals surface area contributed by atoms with E-state index in [4.69, 9.17) is 16.9 Å². The van der Waals surface area contributed by atoms with Gasteiger partial charge in [0.25, 0.3) is 5.91 Å². The van der Waals surface area contributed by atoms with Gasteiger partial charge >= 0.3 is 0 Å². The first-order valence-electron chi connectivity index (χ1n) is 7.90. The maximum absolute atomic E-state index is 12.2. The zero-order chi connectivity index (χ0) is 18.4. The van der Waals surface area contributed by atoms with Crippen molar-refractivity contribution in [3.63, 3.8) is 0 Å². The first-order chi connectivity index (χ1) is 12.7. The molecule has 0 bridgehead atoms. The highest BCUT2D eigenvalue weighted by atomic mass is 35.5. The molecule has 0 spiro atoms. The van der Waals surface area contributed by atoms with Crippen LogP contribution in [0.25, 0.3) is 0 Å². The Morgan fingerprint density at radius 3 is 2.65 bits per heavy atom. The number of carbonyl (C=O) groups excluding carboxylic acids is 1. The van der Waals surface area contributed by atoms with Crippen molar-refractivity contribution in [3.05, 3.63) is 88.7 Å². The highest BCUT2D eigenvalue weighted by Crippen LogP contribution is 2.17. The first-order valence-corrected chi connectivity index (χ1v) is 8.28. The van der Waals surface area contributed by atoms with Crippen LogP contribution in [0, 0.1) is 11.3 Å². The van der Waals surface area contributed by atoms with Crippen molar-refractivity contribution in [2.75, 3.05) is 5.32 Å². The fraction of sp³-hybridized carbons (Fsp3) is 0.0500. The quantitative estimate of drug-likeness (QED) is 0.710. The van der Waals surface area contributed by atoms with Gasteiger partial charge in [0.1, 0.15) is 5.69 Å². The molecule has 0 fully saturated rings. The van der Waals surface area contributed by atoms with Crippen LogP contribution in [0.5, 0.6) is 0 Å². The largest absolute Gasteiger partial charge is 0.354 e. The number of nitriles is 1. The van der Waals surface area contributed by atoms with E-state index in [1.165, 1.54) is 0 Å². The standard InChI is InChI=1S/C20H15ClN4O/c21-18-7-2-1-5-15(18)12-24-20(26)19-9-8-17(13-23-19)25-16-6-3-4-14(10-16)11-22/h1-10,13,25H,12H2,(H,24,26). The van der Waals surface area contributed by atoms with E-state index in [1.54, 1.807) is 42.6 Å².